The first-order valence-corrected chi connectivity index (χ1v) is 11.1. The molecule has 6 aliphatic rings. The number of halogens is 8. The van der Waals surface area contributed by atoms with Crippen LogP contribution < -0.4 is 0 Å². The van der Waals surface area contributed by atoms with E-state index >= 15 is 0 Å². The molecule has 6 unspecified atom stereocenters. The van der Waals surface area contributed by atoms with Crippen LogP contribution in [0.15, 0.2) is 22.2 Å². The lowest BCUT2D eigenvalue weighted by Crippen LogP contribution is -2.71. The molecular formula is C18H6Cl8O2. The number of fused-ring (bicyclic) bond motifs is 1. The second-order valence-corrected chi connectivity index (χ2v) is 10.7. The molecule has 4 bridgehead atoms. The van der Waals surface area contributed by atoms with E-state index in [9.17, 15) is 9.59 Å². The molecule has 1 aromatic carbocycles. The summed E-state index contributed by atoms with van der Waals surface area (Å²) in [6.07, 6.45) is 3.73. The van der Waals surface area contributed by atoms with Gasteiger partial charge in [-0.05, 0) is 11.1 Å². The smallest absolute Gasteiger partial charge is 0.227 e. The second-order valence-electron chi connectivity index (χ2n) is 7.28. The Balaban J connectivity index is 1.90. The van der Waals surface area contributed by atoms with Crippen LogP contribution in [0, 0.1) is 11.8 Å². The largest absolute Gasteiger partial charge is 0.288 e. The van der Waals surface area contributed by atoms with Crippen molar-refractivity contribution in [1.82, 2.24) is 0 Å². The van der Waals surface area contributed by atoms with E-state index in [1.54, 1.807) is 0 Å². The van der Waals surface area contributed by atoms with Crippen LogP contribution >= 0.6 is 92.8 Å². The fraction of sp³-hybridized carbons (Fsp3) is 0.333. The molecule has 6 atom stereocenters. The SMILES string of the molecule is O=C1C(=O)C2(Cl)C(Cl)=C(Cl)C1(Cl)C1C3C=CC(c4c(Cl)c(Cl)c(Cl)c(Cl)c43)C12. The maximum Gasteiger partial charge on any atom is 0.227 e. The summed E-state index contributed by atoms with van der Waals surface area (Å²) < 4.78 is 0. The summed E-state index contributed by atoms with van der Waals surface area (Å²) in [5.74, 6) is -4.05. The molecule has 1 saturated carbocycles. The number of allylic oxidation sites excluding steroid dienone is 4. The quantitative estimate of drug-likeness (QED) is 0.116. The summed E-state index contributed by atoms with van der Waals surface area (Å²) in [7, 11) is 0. The zero-order valence-electron chi connectivity index (χ0n) is 13.3. The van der Waals surface area contributed by atoms with Crippen molar-refractivity contribution in [2.75, 3.05) is 0 Å². The van der Waals surface area contributed by atoms with Gasteiger partial charge in [-0.3, -0.25) is 9.59 Å². The molecule has 0 saturated heterocycles. The Morgan fingerprint density at radius 3 is 1.25 bits per heavy atom. The van der Waals surface area contributed by atoms with E-state index < -0.39 is 45.0 Å². The van der Waals surface area contributed by atoms with Gasteiger partial charge in [-0.1, -0.05) is 81.8 Å². The zero-order chi connectivity index (χ0) is 20.5. The number of hydrogen-bond donors (Lipinski definition) is 0. The number of carbonyl (C=O) groups is 2. The van der Waals surface area contributed by atoms with E-state index in [4.69, 9.17) is 92.8 Å². The molecule has 146 valence electrons. The molecule has 28 heavy (non-hydrogen) atoms. The van der Waals surface area contributed by atoms with Crippen molar-refractivity contribution in [3.8, 4) is 0 Å². The highest BCUT2D eigenvalue weighted by molar-refractivity contribution is 6.70. The van der Waals surface area contributed by atoms with E-state index in [2.05, 4.69) is 0 Å². The van der Waals surface area contributed by atoms with Gasteiger partial charge in [-0.15, -0.1) is 23.2 Å². The Bertz CT molecular complexity index is 1010. The summed E-state index contributed by atoms with van der Waals surface area (Å²) in [4.78, 5) is 22.2. The maximum atomic E-state index is 12.9. The van der Waals surface area contributed by atoms with Crippen molar-refractivity contribution in [1.29, 1.82) is 0 Å². The van der Waals surface area contributed by atoms with Gasteiger partial charge >= 0.3 is 0 Å². The molecule has 0 heterocycles. The van der Waals surface area contributed by atoms with Crippen molar-refractivity contribution in [2.45, 2.75) is 21.6 Å². The monoisotopic (exact) mass is 534 g/mol. The Morgan fingerprint density at radius 2 is 0.929 bits per heavy atom. The van der Waals surface area contributed by atoms with Gasteiger partial charge < -0.3 is 0 Å². The number of carbonyl (C=O) groups excluding carboxylic acids is 2. The number of rotatable bonds is 0. The normalized spacial score (nSPS) is 40.3. The Hall–Kier alpha value is 0.360. The molecule has 0 radical (unpaired) electrons. The van der Waals surface area contributed by atoms with Gasteiger partial charge in [0, 0.05) is 23.7 Å². The fourth-order valence-corrected chi connectivity index (χ4v) is 8.08. The van der Waals surface area contributed by atoms with Gasteiger partial charge in [0.15, 0.2) is 9.75 Å². The molecule has 1 aromatic rings. The number of Topliss-reactive ketones (excluding diaryl/α,β-unsaturated/α-hetero) is 2. The fourth-order valence-electron chi connectivity index (χ4n) is 5.23. The number of benzene rings is 1. The molecule has 10 heteroatoms. The highest BCUT2D eigenvalue weighted by Crippen LogP contribution is 2.72. The van der Waals surface area contributed by atoms with Crippen LogP contribution in [-0.4, -0.2) is 21.3 Å². The van der Waals surface area contributed by atoms with Crippen molar-refractivity contribution in [3.63, 3.8) is 0 Å². The third-order valence-corrected chi connectivity index (χ3v) is 10.6. The number of alkyl halides is 2. The second kappa shape index (κ2) is 5.99. The lowest BCUT2D eigenvalue weighted by Gasteiger charge is -2.61. The number of hydrogen-bond acceptors (Lipinski definition) is 2. The predicted octanol–water partition coefficient (Wildman–Crippen LogP) is 7.09. The van der Waals surface area contributed by atoms with Crippen LogP contribution in [0.3, 0.4) is 0 Å². The zero-order valence-corrected chi connectivity index (χ0v) is 19.4. The van der Waals surface area contributed by atoms with Crippen molar-refractivity contribution >= 4 is 104 Å². The Morgan fingerprint density at radius 1 is 0.607 bits per heavy atom. The summed E-state index contributed by atoms with van der Waals surface area (Å²) in [5, 5.41) is 0.412. The van der Waals surface area contributed by atoms with E-state index in [0.717, 1.165) is 0 Å². The molecule has 0 amide bonds. The predicted molar refractivity (Wildman–Crippen MR) is 114 cm³/mol. The molecule has 0 aliphatic heterocycles. The van der Waals surface area contributed by atoms with Gasteiger partial charge in [0.1, 0.15) is 0 Å². The molecular weight excluding hydrogens is 532 g/mol. The summed E-state index contributed by atoms with van der Waals surface area (Å²) in [6, 6.07) is 0. The van der Waals surface area contributed by atoms with Crippen molar-refractivity contribution in [2.24, 2.45) is 11.8 Å². The molecule has 0 aromatic heterocycles. The minimum atomic E-state index is -1.83. The third kappa shape index (κ3) is 1.95. The topological polar surface area (TPSA) is 34.1 Å². The molecule has 7 rings (SSSR count). The lowest BCUT2D eigenvalue weighted by molar-refractivity contribution is -0.145. The van der Waals surface area contributed by atoms with Crippen LogP contribution in [-0.2, 0) is 9.59 Å². The first kappa shape index (κ1) is 20.3. The van der Waals surface area contributed by atoms with Crippen LogP contribution in [0.25, 0.3) is 0 Å². The van der Waals surface area contributed by atoms with Crippen LogP contribution in [0.2, 0.25) is 20.1 Å². The van der Waals surface area contributed by atoms with Gasteiger partial charge in [0.2, 0.25) is 11.6 Å². The summed E-state index contributed by atoms with van der Waals surface area (Å²) in [5.41, 5.74) is 1.23. The third-order valence-electron chi connectivity index (χ3n) is 6.31. The summed E-state index contributed by atoms with van der Waals surface area (Å²) in [6.45, 7) is 0. The molecule has 6 aliphatic carbocycles. The van der Waals surface area contributed by atoms with Crippen LogP contribution in [0.1, 0.15) is 23.0 Å². The van der Waals surface area contributed by atoms with Gasteiger partial charge in [0.25, 0.3) is 0 Å². The molecule has 0 N–H and O–H groups in total. The van der Waals surface area contributed by atoms with E-state index in [-0.39, 0.29) is 30.2 Å². The first-order chi connectivity index (χ1) is 13.0. The molecule has 2 nitrogen and oxygen atoms in total. The Kier molecular flexibility index (Phi) is 4.33. The van der Waals surface area contributed by atoms with E-state index in [1.807, 2.05) is 12.2 Å². The van der Waals surface area contributed by atoms with Gasteiger partial charge in [-0.25, -0.2) is 0 Å². The van der Waals surface area contributed by atoms with Crippen molar-refractivity contribution < 1.29 is 9.59 Å². The molecule has 1 fully saturated rings. The van der Waals surface area contributed by atoms with E-state index in [1.165, 1.54) is 0 Å². The van der Waals surface area contributed by atoms with Crippen molar-refractivity contribution in [3.05, 3.63) is 53.4 Å². The minimum Gasteiger partial charge on any atom is -0.288 e. The maximum absolute atomic E-state index is 12.9. The summed E-state index contributed by atoms with van der Waals surface area (Å²) >= 11 is 51.9. The lowest BCUT2D eigenvalue weighted by atomic mass is 9.46. The standard InChI is InChI=1S/C18H6Cl8O2/c19-9-5-3-1-2-4(6(5)10(20)12(22)11(9)21)8-7(3)17(25)13(23)14(24)18(8,26)16(28)15(17)27/h1-4,7-8H. The highest BCUT2D eigenvalue weighted by atomic mass is 35.5. The van der Waals surface area contributed by atoms with Gasteiger partial charge in [0.05, 0.1) is 30.2 Å². The van der Waals surface area contributed by atoms with Crippen LogP contribution in [0.5, 0.6) is 0 Å². The number of ketones is 2. The van der Waals surface area contributed by atoms with Gasteiger partial charge in [-0.2, -0.15) is 0 Å². The highest BCUT2D eigenvalue weighted by Gasteiger charge is 2.76. The molecule has 0 spiro atoms. The average molecular weight is 538 g/mol. The average Bonchev–Trinajstić information content (AvgIpc) is 2.69. The van der Waals surface area contributed by atoms with E-state index in [0.29, 0.717) is 11.1 Å². The minimum absolute atomic E-state index is 0.108. The Labute approximate surface area is 199 Å². The van der Waals surface area contributed by atoms with Crippen LogP contribution in [0.4, 0.5) is 0 Å². The first-order valence-electron chi connectivity index (χ1n) is 8.07.